The second kappa shape index (κ2) is 5.15. The highest BCUT2D eigenvalue weighted by molar-refractivity contribution is 7.92. The van der Waals surface area contributed by atoms with Gasteiger partial charge in [-0.3, -0.25) is 4.79 Å². The first-order valence-electron chi connectivity index (χ1n) is 4.89. The molecule has 0 aliphatic rings. The van der Waals surface area contributed by atoms with Crippen molar-refractivity contribution in [2.75, 3.05) is 11.9 Å². The molecule has 0 heterocycles. The SMILES string of the molecule is CC(N)S(=O)(=O)c1cccc(NCC(=O)O)c1. The molecule has 1 aromatic carbocycles. The Labute approximate surface area is 99.4 Å². The lowest BCUT2D eigenvalue weighted by molar-refractivity contribution is -0.134. The number of rotatable bonds is 5. The fourth-order valence-electron chi connectivity index (χ4n) is 1.18. The molecule has 0 spiro atoms. The van der Waals surface area contributed by atoms with E-state index in [0.29, 0.717) is 5.69 Å². The minimum atomic E-state index is -3.55. The van der Waals surface area contributed by atoms with E-state index in [-0.39, 0.29) is 11.4 Å². The number of hydrogen-bond acceptors (Lipinski definition) is 5. The summed E-state index contributed by atoms with van der Waals surface area (Å²) in [5, 5.41) is 10.1. The highest BCUT2D eigenvalue weighted by Gasteiger charge is 2.19. The highest BCUT2D eigenvalue weighted by Crippen LogP contribution is 2.18. The second-order valence-electron chi connectivity index (χ2n) is 3.53. The smallest absolute Gasteiger partial charge is 0.322 e. The number of carboxylic acid groups (broad SMARTS) is 1. The molecule has 1 atom stereocenters. The minimum Gasteiger partial charge on any atom is -0.480 e. The monoisotopic (exact) mass is 258 g/mol. The summed E-state index contributed by atoms with van der Waals surface area (Å²) in [6, 6.07) is 5.90. The Morgan fingerprint density at radius 2 is 2.18 bits per heavy atom. The van der Waals surface area contributed by atoms with E-state index in [1.807, 2.05) is 0 Å². The maximum absolute atomic E-state index is 11.8. The molecule has 17 heavy (non-hydrogen) atoms. The van der Waals surface area contributed by atoms with Crippen LogP contribution in [0.15, 0.2) is 29.2 Å². The third kappa shape index (κ3) is 3.43. The van der Waals surface area contributed by atoms with Crippen LogP contribution in [0.4, 0.5) is 5.69 Å². The molecule has 0 aromatic heterocycles. The molecule has 7 heteroatoms. The third-order valence-corrected chi connectivity index (χ3v) is 3.99. The van der Waals surface area contributed by atoms with Crippen LogP contribution < -0.4 is 11.1 Å². The summed E-state index contributed by atoms with van der Waals surface area (Å²) in [6.45, 7) is 1.11. The van der Waals surface area contributed by atoms with Crippen molar-refractivity contribution in [1.29, 1.82) is 0 Å². The lowest BCUT2D eigenvalue weighted by atomic mass is 10.3. The molecular weight excluding hydrogens is 244 g/mol. The first-order valence-corrected chi connectivity index (χ1v) is 6.44. The van der Waals surface area contributed by atoms with Crippen molar-refractivity contribution in [2.24, 2.45) is 5.73 Å². The molecule has 1 unspecified atom stereocenters. The van der Waals surface area contributed by atoms with Crippen molar-refractivity contribution in [3.8, 4) is 0 Å². The van der Waals surface area contributed by atoms with Crippen molar-refractivity contribution in [1.82, 2.24) is 0 Å². The molecule has 4 N–H and O–H groups in total. The molecule has 0 saturated heterocycles. The van der Waals surface area contributed by atoms with Gasteiger partial charge in [-0.1, -0.05) is 6.07 Å². The number of sulfone groups is 1. The number of anilines is 1. The lowest BCUT2D eigenvalue weighted by Crippen LogP contribution is -2.27. The Balaban J connectivity index is 2.98. The van der Waals surface area contributed by atoms with E-state index < -0.39 is 21.2 Å². The first kappa shape index (κ1) is 13.5. The van der Waals surface area contributed by atoms with Crippen molar-refractivity contribution in [3.05, 3.63) is 24.3 Å². The van der Waals surface area contributed by atoms with Crippen LogP contribution in [0.2, 0.25) is 0 Å². The van der Waals surface area contributed by atoms with E-state index in [1.165, 1.54) is 25.1 Å². The molecule has 1 aromatic rings. The van der Waals surface area contributed by atoms with Gasteiger partial charge >= 0.3 is 5.97 Å². The minimum absolute atomic E-state index is 0.0721. The molecule has 0 radical (unpaired) electrons. The van der Waals surface area contributed by atoms with Crippen molar-refractivity contribution in [2.45, 2.75) is 17.2 Å². The van der Waals surface area contributed by atoms with Crippen LogP contribution in [-0.2, 0) is 14.6 Å². The fourth-order valence-corrected chi connectivity index (χ4v) is 2.16. The van der Waals surface area contributed by atoms with E-state index in [4.69, 9.17) is 10.8 Å². The number of hydrogen-bond donors (Lipinski definition) is 3. The number of benzene rings is 1. The molecular formula is C10H14N2O4S. The fraction of sp³-hybridized carbons (Fsp3) is 0.300. The largest absolute Gasteiger partial charge is 0.480 e. The van der Waals surface area contributed by atoms with Crippen LogP contribution in [0, 0.1) is 0 Å². The molecule has 6 nitrogen and oxygen atoms in total. The van der Waals surface area contributed by atoms with Gasteiger partial charge in [0.15, 0.2) is 9.84 Å². The third-order valence-electron chi connectivity index (χ3n) is 2.10. The highest BCUT2D eigenvalue weighted by atomic mass is 32.2. The predicted molar refractivity (Wildman–Crippen MR) is 63.4 cm³/mol. The van der Waals surface area contributed by atoms with Gasteiger partial charge in [-0.2, -0.15) is 0 Å². The second-order valence-corrected chi connectivity index (χ2v) is 5.83. The van der Waals surface area contributed by atoms with E-state index in [2.05, 4.69) is 5.32 Å². The Kier molecular flexibility index (Phi) is 4.08. The van der Waals surface area contributed by atoms with Crippen molar-refractivity contribution >= 4 is 21.5 Å². The standard InChI is InChI=1S/C10H14N2O4S/c1-7(11)17(15,16)9-4-2-3-8(5-9)12-6-10(13)14/h2-5,7,12H,6,11H2,1H3,(H,13,14). The van der Waals surface area contributed by atoms with Crippen LogP contribution >= 0.6 is 0 Å². The number of aliphatic carboxylic acids is 1. The summed E-state index contributed by atoms with van der Waals surface area (Å²) in [5.41, 5.74) is 5.80. The van der Waals surface area contributed by atoms with Gasteiger partial charge in [0.25, 0.3) is 0 Å². The van der Waals surface area contributed by atoms with E-state index in [1.54, 1.807) is 6.07 Å². The molecule has 0 aliphatic carbocycles. The van der Waals surface area contributed by atoms with E-state index >= 15 is 0 Å². The zero-order valence-electron chi connectivity index (χ0n) is 9.25. The molecule has 94 valence electrons. The maximum atomic E-state index is 11.8. The van der Waals surface area contributed by atoms with Gasteiger partial charge in [0.2, 0.25) is 0 Å². The average molecular weight is 258 g/mol. The van der Waals surface area contributed by atoms with Crippen LogP contribution in [0.3, 0.4) is 0 Å². The average Bonchev–Trinajstić information content (AvgIpc) is 2.26. The van der Waals surface area contributed by atoms with E-state index in [9.17, 15) is 13.2 Å². The summed E-state index contributed by atoms with van der Waals surface area (Å²) >= 11 is 0. The maximum Gasteiger partial charge on any atom is 0.322 e. The molecule has 0 aliphatic heterocycles. The van der Waals surface area contributed by atoms with Gasteiger partial charge < -0.3 is 16.2 Å². The molecule has 0 amide bonds. The van der Waals surface area contributed by atoms with Crippen LogP contribution in [0.1, 0.15) is 6.92 Å². The Morgan fingerprint density at radius 3 is 2.71 bits per heavy atom. The number of carboxylic acids is 1. The van der Waals surface area contributed by atoms with Gasteiger partial charge in [-0.25, -0.2) is 8.42 Å². The molecule has 1 rings (SSSR count). The zero-order chi connectivity index (χ0) is 13.1. The van der Waals surface area contributed by atoms with Crippen LogP contribution in [0.5, 0.6) is 0 Å². The quantitative estimate of drug-likeness (QED) is 0.699. The predicted octanol–water partition coefficient (Wildman–Crippen LogP) is 0.261. The van der Waals surface area contributed by atoms with Gasteiger partial charge in [0.05, 0.1) is 4.90 Å². The summed E-state index contributed by atoms with van der Waals surface area (Å²) < 4.78 is 23.5. The normalized spacial score (nSPS) is 13.1. The lowest BCUT2D eigenvalue weighted by Gasteiger charge is -2.09. The topological polar surface area (TPSA) is 109 Å². The van der Waals surface area contributed by atoms with Gasteiger partial charge in [-0.05, 0) is 25.1 Å². The summed E-state index contributed by atoms with van der Waals surface area (Å²) in [5.74, 6) is -1.02. The molecule has 0 bridgehead atoms. The van der Waals surface area contributed by atoms with Crippen molar-refractivity contribution in [3.63, 3.8) is 0 Å². The number of nitrogens with one attached hydrogen (secondary N) is 1. The van der Waals surface area contributed by atoms with Gasteiger partial charge in [-0.15, -0.1) is 0 Å². The van der Waals surface area contributed by atoms with Gasteiger partial charge in [0.1, 0.15) is 11.9 Å². The van der Waals surface area contributed by atoms with Gasteiger partial charge in [0, 0.05) is 5.69 Å². The van der Waals surface area contributed by atoms with Crippen molar-refractivity contribution < 1.29 is 18.3 Å². The molecule has 0 fully saturated rings. The number of nitrogens with two attached hydrogens (primary N) is 1. The summed E-state index contributed by atoms with van der Waals surface area (Å²) in [7, 11) is -3.55. The Morgan fingerprint density at radius 1 is 1.53 bits per heavy atom. The molecule has 0 saturated carbocycles. The van der Waals surface area contributed by atoms with E-state index in [0.717, 1.165) is 0 Å². The Hall–Kier alpha value is -1.60. The summed E-state index contributed by atoms with van der Waals surface area (Å²) in [6.07, 6.45) is 0. The first-order chi connectivity index (χ1) is 7.84. The van der Waals surface area contributed by atoms with Crippen LogP contribution in [0.25, 0.3) is 0 Å². The zero-order valence-corrected chi connectivity index (χ0v) is 10.1. The number of carbonyl (C=O) groups is 1. The summed E-state index contributed by atoms with van der Waals surface area (Å²) in [4.78, 5) is 10.4. The van der Waals surface area contributed by atoms with Crippen LogP contribution in [-0.4, -0.2) is 31.4 Å². The Bertz CT molecular complexity index is 511.